The van der Waals surface area contributed by atoms with Gasteiger partial charge in [-0.25, -0.2) is 0 Å². The Morgan fingerprint density at radius 3 is 1.90 bits per heavy atom. The molecule has 0 unspecified atom stereocenters. The van der Waals surface area contributed by atoms with Gasteiger partial charge in [0.25, 0.3) is 0 Å². The van der Waals surface area contributed by atoms with Crippen molar-refractivity contribution in [1.29, 1.82) is 0 Å². The summed E-state index contributed by atoms with van der Waals surface area (Å²) in [5.74, 6) is 0. The molecular formula is C41H31N. The van der Waals surface area contributed by atoms with Crippen LogP contribution in [0.5, 0.6) is 0 Å². The highest BCUT2D eigenvalue weighted by Crippen LogP contribution is 2.56. The molecule has 1 heteroatoms. The van der Waals surface area contributed by atoms with E-state index in [9.17, 15) is 0 Å². The maximum absolute atomic E-state index is 2.44. The van der Waals surface area contributed by atoms with Crippen molar-refractivity contribution in [2.45, 2.75) is 19.3 Å². The topological polar surface area (TPSA) is 3.24 Å². The third kappa shape index (κ3) is 3.78. The molecule has 0 heterocycles. The first-order valence-corrected chi connectivity index (χ1v) is 14.7. The van der Waals surface area contributed by atoms with Crippen LogP contribution in [0.25, 0.3) is 43.8 Å². The fourth-order valence-corrected chi connectivity index (χ4v) is 6.99. The number of nitrogens with zero attached hydrogens (tertiary/aromatic N) is 1. The number of anilines is 3. The highest BCUT2D eigenvalue weighted by atomic mass is 15.1. The number of hydrogen-bond donors (Lipinski definition) is 0. The van der Waals surface area contributed by atoms with Gasteiger partial charge >= 0.3 is 0 Å². The van der Waals surface area contributed by atoms with Crippen LogP contribution in [0.15, 0.2) is 152 Å². The molecule has 1 aliphatic carbocycles. The zero-order valence-corrected chi connectivity index (χ0v) is 23.9. The van der Waals surface area contributed by atoms with E-state index in [0.29, 0.717) is 0 Å². The van der Waals surface area contributed by atoms with Crippen molar-refractivity contribution in [3.63, 3.8) is 0 Å². The first kappa shape index (κ1) is 24.6. The molecule has 1 nitrogen and oxygen atoms in total. The molecule has 42 heavy (non-hydrogen) atoms. The molecule has 8 rings (SSSR count). The van der Waals surface area contributed by atoms with Crippen LogP contribution in [0.3, 0.4) is 0 Å². The van der Waals surface area contributed by atoms with Crippen molar-refractivity contribution in [3.8, 4) is 22.3 Å². The predicted octanol–water partition coefficient (Wildman–Crippen LogP) is 11.4. The molecule has 0 aromatic heterocycles. The quantitative estimate of drug-likeness (QED) is 0.216. The molecule has 0 amide bonds. The maximum Gasteiger partial charge on any atom is 0.0549 e. The number of fused-ring (bicyclic) bond motifs is 6. The Morgan fingerprint density at radius 2 is 1.10 bits per heavy atom. The Labute approximate surface area is 247 Å². The van der Waals surface area contributed by atoms with E-state index < -0.39 is 0 Å². The van der Waals surface area contributed by atoms with Crippen molar-refractivity contribution >= 4 is 38.6 Å². The summed E-state index contributed by atoms with van der Waals surface area (Å²) in [5, 5.41) is 5.12. The molecule has 1 aliphatic rings. The van der Waals surface area contributed by atoms with E-state index in [1.54, 1.807) is 0 Å². The van der Waals surface area contributed by atoms with E-state index in [2.05, 4.69) is 170 Å². The summed E-state index contributed by atoms with van der Waals surface area (Å²) in [4.78, 5) is 2.44. The molecule has 7 aromatic carbocycles. The molecule has 0 N–H and O–H groups in total. The van der Waals surface area contributed by atoms with Crippen molar-refractivity contribution in [2.75, 3.05) is 4.90 Å². The van der Waals surface area contributed by atoms with Crippen LogP contribution in [0.1, 0.15) is 25.0 Å². The zero-order valence-electron chi connectivity index (χ0n) is 23.9. The maximum atomic E-state index is 2.44. The lowest BCUT2D eigenvalue weighted by Crippen LogP contribution is -2.16. The summed E-state index contributed by atoms with van der Waals surface area (Å²) < 4.78 is 0. The number of hydrogen-bond acceptors (Lipinski definition) is 1. The average Bonchev–Trinajstić information content (AvgIpc) is 3.29. The molecule has 0 saturated carbocycles. The lowest BCUT2D eigenvalue weighted by atomic mass is 9.80. The van der Waals surface area contributed by atoms with Crippen LogP contribution < -0.4 is 4.90 Å². The molecular weight excluding hydrogens is 506 g/mol. The van der Waals surface area contributed by atoms with Gasteiger partial charge in [0.05, 0.1) is 5.69 Å². The number of benzene rings is 7. The van der Waals surface area contributed by atoms with Gasteiger partial charge in [-0.05, 0) is 85.8 Å². The van der Waals surface area contributed by atoms with Gasteiger partial charge in [-0.1, -0.05) is 129 Å². The van der Waals surface area contributed by atoms with Crippen LogP contribution in [0.2, 0.25) is 0 Å². The Balaban J connectivity index is 1.35. The minimum Gasteiger partial charge on any atom is -0.310 e. The molecule has 7 aromatic rings. The molecule has 0 fully saturated rings. The average molecular weight is 538 g/mol. The molecule has 0 aliphatic heterocycles. The summed E-state index contributed by atoms with van der Waals surface area (Å²) in [6, 6.07) is 55.3. The van der Waals surface area contributed by atoms with Crippen LogP contribution in [0.4, 0.5) is 17.1 Å². The van der Waals surface area contributed by atoms with E-state index in [-0.39, 0.29) is 5.41 Å². The summed E-state index contributed by atoms with van der Waals surface area (Å²) >= 11 is 0. The fourth-order valence-electron chi connectivity index (χ4n) is 6.99. The Bertz CT molecular complexity index is 2100. The van der Waals surface area contributed by atoms with Gasteiger partial charge < -0.3 is 4.90 Å². The van der Waals surface area contributed by atoms with Gasteiger partial charge in [0, 0.05) is 22.4 Å². The highest BCUT2D eigenvalue weighted by Gasteiger charge is 2.39. The van der Waals surface area contributed by atoms with Gasteiger partial charge in [-0.3, -0.25) is 0 Å². The number of para-hydroxylation sites is 1. The highest BCUT2D eigenvalue weighted by molar-refractivity contribution is 6.06. The monoisotopic (exact) mass is 537 g/mol. The molecule has 0 spiro atoms. The van der Waals surface area contributed by atoms with Crippen molar-refractivity contribution in [3.05, 3.63) is 163 Å². The first-order valence-electron chi connectivity index (χ1n) is 14.7. The molecule has 0 saturated heterocycles. The lowest BCUT2D eigenvalue weighted by molar-refractivity contribution is 0.666. The molecule has 0 bridgehead atoms. The van der Waals surface area contributed by atoms with Crippen molar-refractivity contribution in [2.24, 2.45) is 0 Å². The van der Waals surface area contributed by atoms with Crippen molar-refractivity contribution in [1.82, 2.24) is 0 Å². The van der Waals surface area contributed by atoms with E-state index in [1.807, 2.05) is 0 Å². The van der Waals surface area contributed by atoms with E-state index in [4.69, 9.17) is 0 Å². The summed E-state index contributed by atoms with van der Waals surface area (Å²) in [6.07, 6.45) is 0. The molecule has 0 radical (unpaired) electrons. The third-order valence-corrected chi connectivity index (χ3v) is 8.99. The number of rotatable bonds is 4. The zero-order chi connectivity index (χ0) is 28.3. The van der Waals surface area contributed by atoms with Crippen LogP contribution in [-0.2, 0) is 5.41 Å². The van der Waals surface area contributed by atoms with Gasteiger partial charge in [-0.2, -0.15) is 0 Å². The standard InChI is InChI=1S/C41H31N/c1-41(2)37-19-11-10-18-36(37)39-38(27-32-14-8-9-17-35(32)40(39)41)42(33-15-4-3-5-16-33)34-24-22-29(23-25-34)31-21-20-28-12-6-7-13-30(28)26-31/h3-27H,1-2H3. The van der Waals surface area contributed by atoms with Crippen LogP contribution >= 0.6 is 0 Å². The summed E-state index contributed by atoms with van der Waals surface area (Å²) in [7, 11) is 0. The molecule has 200 valence electrons. The van der Waals surface area contributed by atoms with Gasteiger partial charge in [0.1, 0.15) is 0 Å². The SMILES string of the molecule is CC1(C)c2ccccc2-c2c(N(c3ccccc3)c3ccc(-c4ccc5ccccc5c4)cc3)cc3ccccc3c21. The third-order valence-electron chi connectivity index (χ3n) is 8.99. The normalized spacial score (nSPS) is 13.2. The lowest BCUT2D eigenvalue weighted by Gasteiger charge is -2.30. The summed E-state index contributed by atoms with van der Waals surface area (Å²) in [6.45, 7) is 4.75. The largest absolute Gasteiger partial charge is 0.310 e. The van der Waals surface area contributed by atoms with Gasteiger partial charge in [-0.15, -0.1) is 0 Å². The second-order valence-corrected chi connectivity index (χ2v) is 11.8. The van der Waals surface area contributed by atoms with Crippen molar-refractivity contribution < 1.29 is 0 Å². The van der Waals surface area contributed by atoms with Gasteiger partial charge in [0.2, 0.25) is 0 Å². The fraction of sp³-hybridized carbons (Fsp3) is 0.0732. The Kier molecular flexibility index (Phi) is 5.55. The van der Waals surface area contributed by atoms with Crippen LogP contribution in [0, 0.1) is 0 Å². The summed E-state index contributed by atoms with van der Waals surface area (Å²) in [5.41, 5.74) is 11.3. The smallest absolute Gasteiger partial charge is 0.0549 e. The van der Waals surface area contributed by atoms with E-state index >= 15 is 0 Å². The molecule has 0 atom stereocenters. The second-order valence-electron chi connectivity index (χ2n) is 11.8. The first-order chi connectivity index (χ1) is 20.6. The second kappa shape index (κ2) is 9.46. The van der Waals surface area contributed by atoms with Crippen LogP contribution in [-0.4, -0.2) is 0 Å². The van der Waals surface area contributed by atoms with E-state index in [1.165, 1.54) is 60.6 Å². The Hall–Kier alpha value is -5.14. The minimum absolute atomic E-state index is 0.107. The predicted molar refractivity (Wildman–Crippen MR) is 179 cm³/mol. The minimum atomic E-state index is -0.107. The van der Waals surface area contributed by atoms with Gasteiger partial charge in [0.15, 0.2) is 0 Å². The van der Waals surface area contributed by atoms with E-state index in [0.717, 1.165) is 11.4 Å². The Morgan fingerprint density at radius 1 is 0.476 bits per heavy atom.